The molecule has 2 aromatic rings. The molecule has 100 valence electrons. The molecule has 0 aromatic heterocycles. The van der Waals surface area contributed by atoms with Crippen molar-refractivity contribution >= 4 is 23.2 Å². The quantitative estimate of drug-likeness (QED) is 0.888. The Labute approximate surface area is 122 Å². The van der Waals surface area contributed by atoms with Crippen LogP contribution in [0.25, 0.3) is 0 Å². The molecular weight excluding hydrogens is 284 g/mol. The number of benzene rings is 2. The van der Waals surface area contributed by atoms with Gasteiger partial charge in [-0.25, -0.2) is 4.39 Å². The van der Waals surface area contributed by atoms with Crippen LogP contribution < -0.4 is 5.73 Å². The van der Waals surface area contributed by atoms with Gasteiger partial charge in [0.15, 0.2) is 0 Å². The Morgan fingerprint density at radius 2 is 1.84 bits per heavy atom. The Kier molecular flexibility index (Phi) is 4.81. The average molecular weight is 298 g/mol. The zero-order chi connectivity index (χ0) is 13.8. The topological polar surface area (TPSA) is 26.0 Å². The second kappa shape index (κ2) is 6.38. The molecule has 0 heterocycles. The summed E-state index contributed by atoms with van der Waals surface area (Å²) in [4.78, 5) is 0. The predicted molar refractivity (Wildman–Crippen MR) is 78.4 cm³/mol. The van der Waals surface area contributed by atoms with E-state index in [2.05, 4.69) is 0 Å². The van der Waals surface area contributed by atoms with Crippen molar-refractivity contribution in [1.29, 1.82) is 0 Å². The van der Waals surface area contributed by atoms with Gasteiger partial charge in [0.05, 0.1) is 0 Å². The smallest absolute Gasteiger partial charge is 0.127 e. The van der Waals surface area contributed by atoms with E-state index >= 15 is 0 Å². The SMILES string of the molecule is NCC(Cc1c(F)cccc1Cl)c1cccc(Cl)c1. The highest BCUT2D eigenvalue weighted by Gasteiger charge is 2.15. The summed E-state index contributed by atoms with van der Waals surface area (Å²) in [5.41, 5.74) is 7.29. The van der Waals surface area contributed by atoms with Crippen LogP contribution in [0.15, 0.2) is 42.5 Å². The van der Waals surface area contributed by atoms with Crippen molar-refractivity contribution in [1.82, 2.24) is 0 Å². The van der Waals surface area contributed by atoms with Crippen LogP contribution in [0.3, 0.4) is 0 Å². The number of hydrogen-bond acceptors (Lipinski definition) is 1. The first kappa shape index (κ1) is 14.3. The molecule has 2 rings (SSSR count). The van der Waals surface area contributed by atoms with Gasteiger partial charge in [-0.1, -0.05) is 41.4 Å². The Balaban J connectivity index is 2.29. The minimum atomic E-state index is -0.298. The molecule has 0 aliphatic heterocycles. The fraction of sp³-hybridized carbons (Fsp3) is 0.200. The van der Waals surface area contributed by atoms with Crippen molar-refractivity contribution in [3.63, 3.8) is 0 Å². The van der Waals surface area contributed by atoms with Crippen molar-refractivity contribution in [3.05, 3.63) is 69.5 Å². The summed E-state index contributed by atoms with van der Waals surface area (Å²) < 4.78 is 13.8. The molecule has 0 aliphatic carbocycles. The maximum atomic E-state index is 13.8. The standard InChI is InChI=1S/C15H14Cl2FN/c16-12-4-1-3-10(7-12)11(9-19)8-13-14(17)5-2-6-15(13)18/h1-7,11H,8-9,19H2. The van der Waals surface area contributed by atoms with Gasteiger partial charge in [0.25, 0.3) is 0 Å². The minimum absolute atomic E-state index is 0.00639. The van der Waals surface area contributed by atoms with Crippen molar-refractivity contribution in [2.45, 2.75) is 12.3 Å². The summed E-state index contributed by atoms with van der Waals surface area (Å²) in [6.45, 7) is 0.408. The minimum Gasteiger partial charge on any atom is -0.330 e. The molecule has 0 radical (unpaired) electrons. The van der Waals surface area contributed by atoms with Gasteiger partial charge in [-0.3, -0.25) is 0 Å². The van der Waals surface area contributed by atoms with Crippen molar-refractivity contribution in [3.8, 4) is 0 Å². The van der Waals surface area contributed by atoms with E-state index in [1.807, 2.05) is 18.2 Å². The van der Waals surface area contributed by atoms with Crippen molar-refractivity contribution in [2.24, 2.45) is 5.73 Å². The van der Waals surface area contributed by atoms with Crippen LogP contribution in [0.5, 0.6) is 0 Å². The average Bonchev–Trinajstić information content (AvgIpc) is 2.38. The van der Waals surface area contributed by atoms with E-state index in [1.165, 1.54) is 6.07 Å². The lowest BCUT2D eigenvalue weighted by Gasteiger charge is -2.17. The first-order valence-electron chi connectivity index (χ1n) is 6.00. The fourth-order valence-corrected chi connectivity index (χ4v) is 2.51. The van der Waals surface area contributed by atoms with Crippen LogP contribution in [0.1, 0.15) is 17.0 Å². The van der Waals surface area contributed by atoms with Crippen LogP contribution in [0.4, 0.5) is 4.39 Å². The van der Waals surface area contributed by atoms with E-state index in [-0.39, 0.29) is 11.7 Å². The van der Waals surface area contributed by atoms with Crippen LogP contribution in [-0.2, 0) is 6.42 Å². The van der Waals surface area contributed by atoms with Gasteiger partial charge >= 0.3 is 0 Å². The molecule has 0 saturated heterocycles. The summed E-state index contributed by atoms with van der Waals surface area (Å²) in [6, 6.07) is 12.2. The van der Waals surface area contributed by atoms with Gasteiger partial charge in [0.2, 0.25) is 0 Å². The summed E-state index contributed by atoms with van der Waals surface area (Å²) in [5.74, 6) is -0.305. The molecule has 1 nitrogen and oxygen atoms in total. The first-order valence-corrected chi connectivity index (χ1v) is 6.76. The maximum Gasteiger partial charge on any atom is 0.127 e. The van der Waals surface area contributed by atoms with Crippen LogP contribution >= 0.6 is 23.2 Å². The Morgan fingerprint density at radius 3 is 2.47 bits per heavy atom. The zero-order valence-electron chi connectivity index (χ0n) is 10.2. The Hall–Kier alpha value is -1.09. The molecule has 19 heavy (non-hydrogen) atoms. The molecule has 2 N–H and O–H groups in total. The Bertz CT molecular complexity index is 552. The normalized spacial score (nSPS) is 12.4. The van der Waals surface area contributed by atoms with E-state index in [0.717, 1.165) is 5.56 Å². The van der Waals surface area contributed by atoms with E-state index in [0.29, 0.717) is 28.6 Å². The van der Waals surface area contributed by atoms with E-state index < -0.39 is 0 Å². The van der Waals surface area contributed by atoms with E-state index in [1.54, 1.807) is 18.2 Å². The molecule has 0 saturated carbocycles. The molecule has 0 aliphatic rings. The highest BCUT2D eigenvalue weighted by Crippen LogP contribution is 2.27. The first-order chi connectivity index (χ1) is 9.11. The van der Waals surface area contributed by atoms with Gasteiger partial charge in [0, 0.05) is 21.5 Å². The number of hydrogen-bond donors (Lipinski definition) is 1. The molecule has 4 heteroatoms. The lowest BCUT2D eigenvalue weighted by Crippen LogP contribution is -2.16. The third-order valence-corrected chi connectivity index (χ3v) is 3.71. The summed E-state index contributed by atoms with van der Waals surface area (Å²) >= 11 is 12.0. The Morgan fingerprint density at radius 1 is 1.11 bits per heavy atom. The third-order valence-electron chi connectivity index (χ3n) is 3.12. The summed E-state index contributed by atoms with van der Waals surface area (Å²) in [6.07, 6.45) is 0.461. The van der Waals surface area contributed by atoms with E-state index in [4.69, 9.17) is 28.9 Å². The summed E-state index contributed by atoms with van der Waals surface area (Å²) in [7, 11) is 0. The van der Waals surface area contributed by atoms with Gasteiger partial charge in [0.1, 0.15) is 5.82 Å². The molecule has 0 spiro atoms. The molecule has 0 amide bonds. The monoisotopic (exact) mass is 297 g/mol. The number of nitrogens with two attached hydrogens (primary N) is 1. The second-order valence-electron chi connectivity index (χ2n) is 4.39. The van der Waals surface area contributed by atoms with Gasteiger partial charge in [-0.05, 0) is 42.8 Å². The molecular formula is C15H14Cl2FN. The molecule has 0 bridgehead atoms. The maximum absolute atomic E-state index is 13.8. The predicted octanol–water partition coefficient (Wildman–Crippen LogP) is 4.42. The van der Waals surface area contributed by atoms with Gasteiger partial charge < -0.3 is 5.73 Å². The van der Waals surface area contributed by atoms with Gasteiger partial charge in [-0.15, -0.1) is 0 Å². The van der Waals surface area contributed by atoms with Crippen LogP contribution in [0, 0.1) is 5.82 Å². The van der Waals surface area contributed by atoms with Crippen LogP contribution in [0.2, 0.25) is 10.0 Å². The third kappa shape index (κ3) is 3.47. The molecule has 1 atom stereocenters. The van der Waals surface area contributed by atoms with Crippen molar-refractivity contribution in [2.75, 3.05) is 6.54 Å². The molecule has 1 unspecified atom stereocenters. The highest BCUT2D eigenvalue weighted by molar-refractivity contribution is 6.31. The lowest BCUT2D eigenvalue weighted by molar-refractivity contribution is 0.590. The van der Waals surface area contributed by atoms with E-state index in [9.17, 15) is 4.39 Å². The second-order valence-corrected chi connectivity index (χ2v) is 5.24. The zero-order valence-corrected chi connectivity index (χ0v) is 11.8. The molecule has 0 fully saturated rings. The number of halogens is 3. The fourth-order valence-electron chi connectivity index (χ4n) is 2.07. The van der Waals surface area contributed by atoms with Gasteiger partial charge in [-0.2, -0.15) is 0 Å². The molecule has 2 aromatic carbocycles. The van der Waals surface area contributed by atoms with Crippen molar-refractivity contribution < 1.29 is 4.39 Å². The lowest BCUT2D eigenvalue weighted by atomic mass is 9.92. The highest BCUT2D eigenvalue weighted by atomic mass is 35.5. The number of rotatable bonds is 4. The summed E-state index contributed by atoms with van der Waals surface area (Å²) in [5, 5.41) is 1.08. The largest absolute Gasteiger partial charge is 0.330 e. The van der Waals surface area contributed by atoms with Crippen LogP contribution in [-0.4, -0.2) is 6.54 Å².